The molecule has 1 unspecified atom stereocenters. The van der Waals surface area contributed by atoms with Gasteiger partial charge in [0.15, 0.2) is 0 Å². The standard InChI is InChI=1S/C12H19BrN2O2S/c1-8(2)12(7-14)15-18(16,17)10-4-5-11(13)9(3)6-10/h4-6,8,12,15H,7,14H2,1-3H3. The summed E-state index contributed by atoms with van der Waals surface area (Å²) in [6.45, 7) is 6.01. The number of hydrogen-bond acceptors (Lipinski definition) is 3. The second-order valence-electron chi connectivity index (χ2n) is 4.62. The lowest BCUT2D eigenvalue weighted by Crippen LogP contribution is -2.43. The van der Waals surface area contributed by atoms with Crippen LogP contribution in [0.25, 0.3) is 0 Å². The summed E-state index contributed by atoms with van der Waals surface area (Å²) in [4.78, 5) is 0.266. The van der Waals surface area contributed by atoms with Crippen LogP contribution in [0.2, 0.25) is 0 Å². The molecule has 0 bridgehead atoms. The first-order chi connectivity index (χ1) is 8.27. The van der Waals surface area contributed by atoms with Crippen LogP contribution in [0.4, 0.5) is 0 Å². The van der Waals surface area contributed by atoms with Gasteiger partial charge in [0.2, 0.25) is 10.0 Å². The Morgan fingerprint density at radius 2 is 2.00 bits per heavy atom. The van der Waals surface area contributed by atoms with E-state index >= 15 is 0 Å². The van der Waals surface area contributed by atoms with Gasteiger partial charge in [0.1, 0.15) is 0 Å². The topological polar surface area (TPSA) is 72.2 Å². The van der Waals surface area contributed by atoms with Crippen molar-refractivity contribution in [1.29, 1.82) is 0 Å². The Labute approximate surface area is 117 Å². The highest BCUT2D eigenvalue weighted by atomic mass is 79.9. The Morgan fingerprint density at radius 1 is 1.39 bits per heavy atom. The maximum absolute atomic E-state index is 12.2. The first kappa shape index (κ1) is 15.6. The smallest absolute Gasteiger partial charge is 0.240 e. The summed E-state index contributed by atoms with van der Waals surface area (Å²) < 4.78 is 27.9. The van der Waals surface area contributed by atoms with E-state index in [4.69, 9.17) is 5.73 Å². The molecule has 1 rings (SSSR count). The molecule has 0 amide bonds. The second-order valence-corrected chi connectivity index (χ2v) is 7.19. The van der Waals surface area contributed by atoms with Crippen molar-refractivity contribution >= 4 is 26.0 Å². The second kappa shape index (κ2) is 6.14. The fourth-order valence-corrected chi connectivity index (χ4v) is 3.24. The van der Waals surface area contributed by atoms with E-state index < -0.39 is 10.0 Å². The van der Waals surface area contributed by atoms with Crippen LogP contribution in [0.5, 0.6) is 0 Å². The van der Waals surface area contributed by atoms with E-state index in [1.807, 2.05) is 20.8 Å². The molecule has 0 spiro atoms. The van der Waals surface area contributed by atoms with Gasteiger partial charge in [-0.3, -0.25) is 0 Å². The lowest BCUT2D eigenvalue weighted by atomic mass is 10.1. The van der Waals surface area contributed by atoms with E-state index in [1.165, 1.54) is 0 Å². The molecule has 0 saturated carbocycles. The molecule has 1 atom stereocenters. The third kappa shape index (κ3) is 3.78. The minimum absolute atomic E-state index is 0.154. The maximum atomic E-state index is 12.2. The van der Waals surface area contributed by atoms with Crippen LogP contribution in [-0.2, 0) is 10.0 Å². The molecule has 0 aliphatic rings. The van der Waals surface area contributed by atoms with Gasteiger partial charge in [-0.25, -0.2) is 13.1 Å². The van der Waals surface area contributed by atoms with Crippen LogP contribution in [0.15, 0.2) is 27.6 Å². The maximum Gasteiger partial charge on any atom is 0.240 e. The third-order valence-corrected chi connectivity index (χ3v) is 5.18. The lowest BCUT2D eigenvalue weighted by molar-refractivity contribution is 0.455. The van der Waals surface area contributed by atoms with Crippen LogP contribution >= 0.6 is 15.9 Å². The first-order valence-corrected chi connectivity index (χ1v) is 8.04. The highest BCUT2D eigenvalue weighted by Gasteiger charge is 2.21. The van der Waals surface area contributed by atoms with Gasteiger partial charge in [-0.15, -0.1) is 0 Å². The van der Waals surface area contributed by atoms with Crippen LogP contribution < -0.4 is 10.5 Å². The van der Waals surface area contributed by atoms with Crippen LogP contribution in [0, 0.1) is 12.8 Å². The summed E-state index contributed by atoms with van der Waals surface area (Å²) in [5.74, 6) is 0.154. The van der Waals surface area contributed by atoms with Gasteiger partial charge in [0.25, 0.3) is 0 Å². The van der Waals surface area contributed by atoms with E-state index in [0.717, 1.165) is 10.0 Å². The molecule has 1 aromatic rings. The van der Waals surface area contributed by atoms with Crippen molar-refractivity contribution in [2.45, 2.75) is 31.7 Å². The Morgan fingerprint density at radius 3 is 2.44 bits per heavy atom. The summed E-state index contributed by atoms with van der Waals surface area (Å²) in [6, 6.07) is 4.70. The van der Waals surface area contributed by atoms with Crippen LogP contribution in [-0.4, -0.2) is 21.0 Å². The molecule has 0 aliphatic carbocycles. The SMILES string of the molecule is Cc1cc(S(=O)(=O)NC(CN)C(C)C)ccc1Br. The molecule has 102 valence electrons. The van der Waals surface area contributed by atoms with E-state index in [0.29, 0.717) is 0 Å². The third-order valence-electron chi connectivity index (χ3n) is 2.80. The highest BCUT2D eigenvalue weighted by molar-refractivity contribution is 9.10. The molecule has 0 aliphatic heterocycles. The number of nitrogens with two attached hydrogens (primary N) is 1. The molecule has 18 heavy (non-hydrogen) atoms. The molecular weight excluding hydrogens is 316 g/mol. The number of hydrogen-bond donors (Lipinski definition) is 2. The molecule has 0 heterocycles. The van der Waals surface area contributed by atoms with Crippen molar-refractivity contribution in [3.8, 4) is 0 Å². The molecule has 0 saturated heterocycles. The van der Waals surface area contributed by atoms with Crippen molar-refractivity contribution in [2.75, 3.05) is 6.54 Å². The van der Waals surface area contributed by atoms with Crippen molar-refractivity contribution in [3.05, 3.63) is 28.2 Å². The minimum atomic E-state index is -3.51. The van der Waals surface area contributed by atoms with E-state index in [9.17, 15) is 8.42 Å². The van der Waals surface area contributed by atoms with Crippen LogP contribution in [0.1, 0.15) is 19.4 Å². The largest absolute Gasteiger partial charge is 0.329 e. The fourth-order valence-electron chi connectivity index (χ4n) is 1.51. The fraction of sp³-hybridized carbons (Fsp3) is 0.500. The van der Waals surface area contributed by atoms with Gasteiger partial charge in [-0.2, -0.15) is 0 Å². The van der Waals surface area contributed by atoms with Gasteiger partial charge in [-0.1, -0.05) is 29.8 Å². The zero-order valence-electron chi connectivity index (χ0n) is 10.8. The van der Waals surface area contributed by atoms with E-state index in [-0.39, 0.29) is 23.4 Å². The van der Waals surface area contributed by atoms with Gasteiger partial charge in [0.05, 0.1) is 4.90 Å². The van der Waals surface area contributed by atoms with Gasteiger partial charge < -0.3 is 5.73 Å². The molecule has 1 aromatic carbocycles. The molecule has 4 nitrogen and oxygen atoms in total. The average molecular weight is 335 g/mol. The van der Waals surface area contributed by atoms with Crippen molar-refractivity contribution < 1.29 is 8.42 Å². The molecular formula is C12H19BrN2O2S. The number of sulfonamides is 1. The average Bonchev–Trinajstić information content (AvgIpc) is 2.29. The number of halogens is 1. The summed E-state index contributed by atoms with van der Waals surface area (Å²) in [7, 11) is -3.51. The normalized spacial score (nSPS) is 13.9. The zero-order chi connectivity index (χ0) is 13.9. The quantitative estimate of drug-likeness (QED) is 0.865. The summed E-state index contributed by atoms with van der Waals surface area (Å²) in [5.41, 5.74) is 6.46. The molecule has 3 N–H and O–H groups in total. The molecule has 0 fully saturated rings. The number of nitrogens with one attached hydrogen (secondary N) is 1. The monoisotopic (exact) mass is 334 g/mol. The van der Waals surface area contributed by atoms with Crippen molar-refractivity contribution in [3.63, 3.8) is 0 Å². The predicted octanol–water partition coefficient (Wildman–Crippen LogP) is 2.02. The highest BCUT2D eigenvalue weighted by Crippen LogP contribution is 2.20. The summed E-state index contributed by atoms with van der Waals surface area (Å²) in [6.07, 6.45) is 0. The molecule has 6 heteroatoms. The van der Waals surface area contributed by atoms with E-state index in [2.05, 4.69) is 20.7 Å². The lowest BCUT2D eigenvalue weighted by Gasteiger charge is -2.20. The Hall–Kier alpha value is -0.430. The molecule has 0 aromatic heterocycles. The zero-order valence-corrected chi connectivity index (χ0v) is 13.2. The Kier molecular flexibility index (Phi) is 5.33. The van der Waals surface area contributed by atoms with Gasteiger partial charge in [0, 0.05) is 17.1 Å². The minimum Gasteiger partial charge on any atom is -0.329 e. The van der Waals surface area contributed by atoms with E-state index in [1.54, 1.807) is 18.2 Å². The van der Waals surface area contributed by atoms with Crippen LogP contribution in [0.3, 0.4) is 0 Å². The van der Waals surface area contributed by atoms with Crippen molar-refractivity contribution in [2.24, 2.45) is 11.7 Å². The van der Waals surface area contributed by atoms with Gasteiger partial charge in [-0.05, 0) is 36.6 Å². The van der Waals surface area contributed by atoms with Gasteiger partial charge >= 0.3 is 0 Å². The molecule has 0 radical (unpaired) electrons. The Bertz CT molecular complexity index is 515. The summed E-state index contributed by atoms with van der Waals surface area (Å²) >= 11 is 3.35. The first-order valence-electron chi connectivity index (χ1n) is 5.76. The van der Waals surface area contributed by atoms with Crippen molar-refractivity contribution in [1.82, 2.24) is 4.72 Å². The summed E-state index contributed by atoms with van der Waals surface area (Å²) in [5, 5.41) is 0. The number of aryl methyl sites for hydroxylation is 1. The number of benzene rings is 1. The number of rotatable bonds is 5. The predicted molar refractivity (Wildman–Crippen MR) is 76.9 cm³/mol. The Balaban J connectivity index is 3.02.